The van der Waals surface area contributed by atoms with Gasteiger partial charge in [-0.15, -0.1) is 10.2 Å². The number of anilines is 1. The highest BCUT2D eigenvalue weighted by atomic mass is 35.5. The van der Waals surface area contributed by atoms with Crippen LogP contribution in [0, 0.1) is 0 Å². The molecule has 0 saturated heterocycles. The maximum atomic E-state index is 12.7. The smallest absolute Gasteiger partial charge is 0.266 e. The zero-order chi connectivity index (χ0) is 22.2. The average molecular weight is 482 g/mol. The molecule has 1 amide bonds. The Morgan fingerprint density at radius 1 is 1.12 bits per heavy atom. The Hall–Kier alpha value is -3.47. The number of benzene rings is 2. The summed E-state index contributed by atoms with van der Waals surface area (Å²) in [6, 6.07) is 14.0. The van der Waals surface area contributed by atoms with E-state index in [0.717, 1.165) is 27.1 Å². The summed E-state index contributed by atoms with van der Waals surface area (Å²) in [6.07, 6.45) is 1.68. The minimum absolute atomic E-state index is 0.200. The van der Waals surface area contributed by atoms with Crippen LogP contribution in [0.4, 0.5) is 5.13 Å². The number of nitrogens with one attached hydrogen (secondary N) is 2. The van der Waals surface area contributed by atoms with E-state index < -0.39 is 11.5 Å². The Morgan fingerprint density at radius 3 is 2.84 bits per heavy atom. The van der Waals surface area contributed by atoms with Crippen LogP contribution in [-0.4, -0.2) is 31.2 Å². The third-order valence-electron chi connectivity index (χ3n) is 4.61. The summed E-state index contributed by atoms with van der Waals surface area (Å²) < 4.78 is 0.583. The number of rotatable bonds is 4. The third kappa shape index (κ3) is 3.79. The summed E-state index contributed by atoms with van der Waals surface area (Å²) in [5.41, 5.74) is 0.114. The van der Waals surface area contributed by atoms with Crippen LogP contribution in [0.25, 0.3) is 21.8 Å². The lowest BCUT2D eigenvalue weighted by Gasteiger charge is -2.06. The van der Waals surface area contributed by atoms with Crippen LogP contribution in [-0.2, 0) is 0 Å². The first-order chi connectivity index (χ1) is 15.5. The highest BCUT2D eigenvalue weighted by Crippen LogP contribution is 2.36. The van der Waals surface area contributed by atoms with Gasteiger partial charge in [-0.1, -0.05) is 52.9 Å². The van der Waals surface area contributed by atoms with Crippen molar-refractivity contribution in [1.29, 1.82) is 0 Å². The van der Waals surface area contributed by atoms with Gasteiger partial charge in [0, 0.05) is 26.9 Å². The molecule has 0 saturated carbocycles. The summed E-state index contributed by atoms with van der Waals surface area (Å²) in [5, 5.41) is 23.2. The molecule has 0 unspecified atom stereocenters. The number of nitrogens with zero attached hydrogens (tertiary/aromatic N) is 3. The van der Waals surface area contributed by atoms with Crippen LogP contribution in [0.3, 0.4) is 0 Å². The van der Waals surface area contributed by atoms with Crippen LogP contribution in [0.1, 0.15) is 10.4 Å². The van der Waals surface area contributed by atoms with Crippen molar-refractivity contribution in [3.8, 4) is 5.75 Å². The summed E-state index contributed by atoms with van der Waals surface area (Å²) in [7, 11) is 0. The molecule has 8 nitrogen and oxygen atoms in total. The molecule has 3 heterocycles. The summed E-state index contributed by atoms with van der Waals surface area (Å²) in [5.74, 6) is -1.16. The first-order valence-corrected chi connectivity index (χ1v) is 11.2. The molecule has 0 spiro atoms. The second kappa shape index (κ2) is 8.23. The monoisotopic (exact) mass is 481 g/mol. The van der Waals surface area contributed by atoms with E-state index in [9.17, 15) is 14.7 Å². The number of aromatic nitrogens is 4. The van der Waals surface area contributed by atoms with E-state index in [4.69, 9.17) is 11.6 Å². The van der Waals surface area contributed by atoms with E-state index in [1.165, 1.54) is 11.8 Å². The first-order valence-electron chi connectivity index (χ1n) is 9.20. The number of hydrogen-bond donors (Lipinski definition) is 3. The molecule has 0 aliphatic carbocycles. The molecule has 0 atom stereocenters. The van der Waals surface area contributed by atoms with E-state index in [1.54, 1.807) is 42.6 Å². The van der Waals surface area contributed by atoms with E-state index in [-0.39, 0.29) is 16.4 Å². The number of hydrogen-bond acceptors (Lipinski definition) is 8. The zero-order valence-electron chi connectivity index (χ0n) is 16.0. The van der Waals surface area contributed by atoms with E-state index in [1.807, 2.05) is 12.1 Å². The molecule has 3 N–H and O–H groups in total. The van der Waals surface area contributed by atoms with E-state index in [2.05, 4.69) is 25.5 Å². The van der Waals surface area contributed by atoms with Gasteiger partial charge in [0.25, 0.3) is 11.5 Å². The van der Waals surface area contributed by atoms with Gasteiger partial charge in [-0.3, -0.25) is 19.9 Å². The van der Waals surface area contributed by atoms with Crippen LogP contribution in [0.5, 0.6) is 5.75 Å². The van der Waals surface area contributed by atoms with Gasteiger partial charge in [0.2, 0.25) is 5.13 Å². The normalized spacial score (nSPS) is 11.2. The fourth-order valence-electron chi connectivity index (χ4n) is 3.18. The Bertz CT molecular complexity index is 1570. The highest BCUT2D eigenvalue weighted by molar-refractivity contribution is 8.01. The SMILES string of the molecule is O=C(Nc1nnc(Sc2ccnc3cc(Cl)ccc23)s1)c1c(O)c2ccccc2[nH]c1=O. The third-order valence-corrected chi connectivity index (χ3v) is 6.81. The van der Waals surface area contributed by atoms with Crippen molar-refractivity contribution in [3.63, 3.8) is 0 Å². The van der Waals surface area contributed by atoms with E-state index in [0.29, 0.717) is 20.3 Å². The van der Waals surface area contributed by atoms with Gasteiger partial charge in [-0.25, -0.2) is 0 Å². The lowest BCUT2D eigenvalue weighted by Crippen LogP contribution is -2.23. The van der Waals surface area contributed by atoms with Crippen molar-refractivity contribution in [3.05, 3.63) is 75.7 Å². The van der Waals surface area contributed by atoms with Gasteiger partial charge in [0.05, 0.1) is 11.0 Å². The molecule has 5 aromatic rings. The minimum Gasteiger partial charge on any atom is -0.506 e. The predicted octanol–water partition coefficient (Wildman–Crippen LogP) is 4.69. The number of aromatic amines is 1. The van der Waals surface area contributed by atoms with Gasteiger partial charge in [-0.2, -0.15) is 0 Å². The molecular formula is C21H12ClN5O3S2. The van der Waals surface area contributed by atoms with Crippen molar-refractivity contribution >= 4 is 67.5 Å². The van der Waals surface area contributed by atoms with Gasteiger partial charge in [0.1, 0.15) is 11.3 Å². The topological polar surface area (TPSA) is 121 Å². The van der Waals surface area contributed by atoms with Gasteiger partial charge < -0.3 is 10.1 Å². The average Bonchev–Trinajstić information content (AvgIpc) is 3.20. The van der Waals surface area contributed by atoms with Crippen molar-refractivity contribution in [2.45, 2.75) is 9.24 Å². The molecule has 2 aromatic carbocycles. The number of aromatic hydroxyl groups is 1. The van der Waals surface area contributed by atoms with Gasteiger partial charge in [0.15, 0.2) is 4.34 Å². The number of amides is 1. The Morgan fingerprint density at radius 2 is 1.97 bits per heavy atom. The molecule has 5 rings (SSSR count). The van der Waals surface area contributed by atoms with Crippen molar-refractivity contribution < 1.29 is 9.90 Å². The lowest BCUT2D eigenvalue weighted by molar-refractivity contribution is 0.102. The summed E-state index contributed by atoms with van der Waals surface area (Å²) in [4.78, 5) is 32.9. The minimum atomic E-state index is -0.772. The van der Waals surface area contributed by atoms with Gasteiger partial charge >= 0.3 is 0 Å². The number of carbonyl (C=O) groups is 1. The standard InChI is InChI=1S/C21H12ClN5O3S2/c22-10-5-6-11-14(9-10)23-8-7-15(11)31-21-27-26-20(32-21)25-19(30)16-17(28)12-3-1-2-4-13(12)24-18(16)29/h1-9H,(H2,24,28,29)(H,25,26,30). The summed E-state index contributed by atoms with van der Waals surface area (Å²) in [6.45, 7) is 0. The van der Waals surface area contributed by atoms with E-state index >= 15 is 0 Å². The number of fused-ring (bicyclic) bond motifs is 2. The Kier molecular flexibility index (Phi) is 5.25. The quantitative estimate of drug-likeness (QED) is 0.318. The first kappa shape index (κ1) is 20.4. The van der Waals surface area contributed by atoms with Crippen LogP contribution in [0.2, 0.25) is 5.02 Å². The molecule has 158 valence electrons. The molecule has 0 aliphatic heterocycles. The van der Waals surface area contributed by atoms with Crippen LogP contribution in [0.15, 0.2) is 68.8 Å². The fourth-order valence-corrected chi connectivity index (χ4v) is 5.17. The van der Waals surface area contributed by atoms with Crippen LogP contribution < -0.4 is 10.9 Å². The molecule has 0 fully saturated rings. The number of para-hydroxylation sites is 1. The lowest BCUT2D eigenvalue weighted by atomic mass is 10.1. The second-order valence-electron chi connectivity index (χ2n) is 6.62. The number of halogens is 1. The van der Waals surface area contributed by atoms with Crippen molar-refractivity contribution in [2.75, 3.05) is 5.32 Å². The maximum absolute atomic E-state index is 12.7. The van der Waals surface area contributed by atoms with Crippen LogP contribution >= 0.6 is 34.7 Å². The number of carbonyl (C=O) groups excluding carboxylic acids is 1. The molecule has 0 bridgehead atoms. The highest BCUT2D eigenvalue weighted by Gasteiger charge is 2.20. The predicted molar refractivity (Wildman–Crippen MR) is 125 cm³/mol. The Balaban J connectivity index is 1.40. The molecule has 3 aromatic heterocycles. The van der Waals surface area contributed by atoms with Crippen molar-refractivity contribution in [1.82, 2.24) is 20.2 Å². The molecular weight excluding hydrogens is 470 g/mol. The molecule has 0 radical (unpaired) electrons. The fraction of sp³-hybridized carbons (Fsp3) is 0. The second-order valence-corrected chi connectivity index (χ2v) is 9.33. The van der Waals surface area contributed by atoms with Gasteiger partial charge in [-0.05, 0) is 30.3 Å². The largest absolute Gasteiger partial charge is 0.506 e. The summed E-state index contributed by atoms with van der Waals surface area (Å²) >= 11 is 8.55. The Labute approximate surface area is 193 Å². The van der Waals surface area contributed by atoms with Crippen molar-refractivity contribution in [2.24, 2.45) is 0 Å². The molecule has 11 heteroatoms. The number of pyridine rings is 2. The maximum Gasteiger partial charge on any atom is 0.266 e. The molecule has 32 heavy (non-hydrogen) atoms. The zero-order valence-corrected chi connectivity index (χ0v) is 18.4. The molecule has 0 aliphatic rings. The number of H-pyrrole nitrogens is 1.